The second kappa shape index (κ2) is 9.67. The van der Waals surface area contributed by atoms with Crippen LogP contribution in [0.5, 0.6) is 5.75 Å². The molecule has 0 aromatic heterocycles. The van der Waals surface area contributed by atoms with Crippen molar-refractivity contribution in [3.63, 3.8) is 0 Å². The van der Waals surface area contributed by atoms with Crippen LogP contribution in [0.2, 0.25) is 0 Å². The molecule has 0 saturated heterocycles. The van der Waals surface area contributed by atoms with Gasteiger partial charge in [0, 0.05) is 11.0 Å². The fraction of sp³-hybridized carbons (Fsp3) is 0.538. The second-order valence-corrected chi connectivity index (χ2v) is 5.87. The Bertz CT molecular complexity index is 339. The van der Waals surface area contributed by atoms with Crippen LogP contribution < -0.4 is 10.1 Å². The van der Waals surface area contributed by atoms with E-state index in [1.807, 2.05) is 36.0 Å². The summed E-state index contributed by atoms with van der Waals surface area (Å²) in [6.45, 7) is 1.82. The molecule has 0 aliphatic rings. The number of nitrogens with one attached hydrogen (secondary N) is 1. The zero-order valence-corrected chi connectivity index (χ0v) is 13.0. The number of benzene rings is 1. The zero-order chi connectivity index (χ0) is 13.2. The molecule has 1 aromatic rings. The SMILES string of the molecule is CSCCCNCC(O)COc1cccc(Br)c1. The summed E-state index contributed by atoms with van der Waals surface area (Å²) in [5.41, 5.74) is 0. The Hall–Kier alpha value is -0.230. The van der Waals surface area contributed by atoms with Crippen molar-refractivity contribution >= 4 is 27.7 Å². The van der Waals surface area contributed by atoms with Crippen LogP contribution in [0.25, 0.3) is 0 Å². The monoisotopic (exact) mass is 333 g/mol. The van der Waals surface area contributed by atoms with E-state index in [-0.39, 0.29) is 0 Å². The van der Waals surface area contributed by atoms with Gasteiger partial charge in [0.2, 0.25) is 0 Å². The number of hydrogen-bond acceptors (Lipinski definition) is 4. The van der Waals surface area contributed by atoms with Gasteiger partial charge in [-0.15, -0.1) is 0 Å². The molecule has 0 heterocycles. The van der Waals surface area contributed by atoms with E-state index < -0.39 is 6.10 Å². The van der Waals surface area contributed by atoms with E-state index in [2.05, 4.69) is 27.5 Å². The third kappa shape index (κ3) is 7.26. The van der Waals surface area contributed by atoms with Gasteiger partial charge in [0.25, 0.3) is 0 Å². The molecule has 1 unspecified atom stereocenters. The molecule has 0 fully saturated rings. The third-order valence-electron chi connectivity index (χ3n) is 2.32. The summed E-state index contributed by atoms with van der Waals surface area (Å²) in [4.78, 5) is 0. The third-order valence-corrected chi connectivity index (χ3v) is 3.51. The maximum absolute atomic E-state index is 9.73. The number of aliphatic hydroxyl groups is 1. The lowest BCUT2D eigenvalue weighted by molar-refractivity contribution is 0.106. The van der Waals surface area contributed by atoms with Gasteiger partial charge in [-0.05, 0) is 43.2 Å². The summed E-state index contributed by atoms with van der Waals surface area (Å²) in [6, 6.07) is 7.62. The molecule has 0 bridgehead atoms. The van der Waals surface area contributed by atoms with Crippen LogP contribution in [0, 0.1) is 0 Å². The molecular weight excluding hydrogens is 314 g/mol. The van der Waals surface area contributed by atoms with E-state index in [1.165, 1.54) is 0 Å². The predicted molar refractivity (Wildman–Crippen MR) is 81.5 cm³/mol. The van der Waals surface area contributed by atoms with Gasteiger partial charge < -0.3 is 15.2 Å². The van der Waals surface area contributed by atoms with Gasteiger partial charge >= 0.3 is 0 Å². The molecule has 102 valence electrons. The maximum Gasteiger partial charge on any atom is 0.120 e. The van der Waals surface area contributed by atoms with E-state index in [0.717, 1.165) is 28.9 Å². The summed E-state index contributed by atoms with van der Waals surface area (Å²) in [5.74, 6) is 1.92. The number of rotatable bonds is 9. The van der Waals surface area contributed by atoms with Crippen LogP contribution >= 0.6 is 27.7 Å². The number of hydrogen-bond donors (Lipinski definition) is 2. The van der Waals surface area contributed by atoms with Crippen molar-refractivity contribution in [2.45, 2.75) is 12.5 Å². The molecule has 1 aromatic carbocycles. The first kappa shape index (κ1) is 15.8. The van der Waals surface area contributed by atoms with Crippen LogP contribution in [-0.4, -0.2) is 42.9 Å². The standard InChI is InChI=1S/C13H20BrNO2S/c1-18-7-3-6-15-9-12(16)10-17-13-5-2-4-11(14)8-13/h2,4-5,8,12,15-16H,3,6-7,9-10H2,1H3. The van der Waals surface area contributed by atoms with Crippen molar-refractivity contribution < 1.29 is 9.84 Å². The average Bonchev–Trinajstić information content (AvgIpc) is 2.36. The molecular formula is C13H20BrNO2S. The van der Waals surface area contributed by atoms with Gasteiger partial charge in [-0.2, -0.15) is 11.8 Å². The Balaban J connectivity index is 2.11. The van der Waals surface area contributed by atoms with Gasteiger partial charge in [-0.3, -0.25) is 0 Å². The number of aliphatic hydroxyl groups excluding tert-OH is 1. The smallest absolute Gasteiger partial charge is 0.120 e. The molecule has 0 saturated carbocycles. The van der Waals surface area contributed by atoms with E-state index in [0.29, 0.717) is 13.2 Å². The molecule has 2 N–H and O–H groups in total. The highest BCUT2D eigenvalue weighted by atomic mass is 79.9. The van der Waals surface area contributed by atoms with Crippen LogP contribution in [0.1, 0.15) is 6.42 Å². The lowest BCUT2D eigenvalue weighted by atomic mass is 10.3. The highest BCUT2D eigenvalue weighted by Crippen LogP contribution is 2.17. The first-order chi connectivity index (χ1) is 8.72. The van der Waals surface area contributed by atoms with E-state index in [9.17, 15) is 5.11 Å². The molecule has 0 radical (unpaired) electrons. The molecule has 0 amide bonds. The minimum atomic E-state index is -0.474. The van der Waals surface area contributed by atoms with Crippen LogP contribution in [-0.2, 0) is 0 Å². The van der Waals surface area contributed by atoms with Gasteiger partial charge in [0.15, 0.2) is 0 Å². The quantitative estimate of drug-likeness (QED) is 0.681. The van der Waals surface area contributed by atoms with Crippen molar-refractivity contribution in [1.82, 2.24) is 5.32 Å². The van der Waals surface area contributed by atoms with Gasteiger partial charge in [0.05, 0.1) is 0 Å². The maximum atomic E-state index is 9.73. The normalized spacial score (nSPS) is 12.4. The first-order valence-corrected chi connectivity index (χ1v) is 8.17. The van der Waals surface area contributed by atoms with Gasteiger partial charge in [-0.25, -0.2) is 0 Å². The molecule has 0 aliphatic heterocycles. The second-order valence-electron chi connectivity index (χ2n) is 3.97. The van der Waals surface area contributed by atoms with Crippen molar-refractivity contribution in [2.24, 2.45) is 0 Å². The molecule has 0 aliphatic carbocycles. The lowest BCUT2D eigenvalue weighted by Gasteiger charge is -2.13. The van der Waals surface area contributed by atoms with Crippen LogP contribution in [0.3, 0.4) is 0 Å². The summed E-state index contributed by atoms with van der Waals surface area (Å²) in [6.07, 6.45) is 2.75. The van der Waals surface area contributed by atoms with E-state index in [4.69, 9.17) is 4.74 Å². The molecule has 1 atom stereocenters. The Kier molecular flexibility index (Phi) is 8.50. The minimum Gasteiger partial charge on any atom is -0.491 e. The largest absolute Gasteiger partial charge is 0.491 e. The average molecular weight is 334 g/mol. The highest BCUT2D eigenvalue weighted by Gasteiger charge is 2.04. The topological polar surface area (TPSA) is 41.5 Å². The lowest BCUT2D eigenvalue weighted by Crippen LogP contribution is -2.32. The Morgan fingerprint density at radius 3 is 3.06 bits per heavy atom. The van der Waals surface area contributed by atoms with Crippen molar-refractivity contribution in [2.75, 3.05) is 31.7 Å². The fourth-order valence-corrected chi connectivity index (χ4v) is 2.23. The summed E-state index contributed by atoms with van der Waals surface area (Å²) >= 11 is 5.22. The van der Waals surface area contributed by atoms with Crippen molar-refractivity contribution in [3.8, 4) is 5.75 Å². The molecule has 1 rings (SSSR count). The summed E-state index contributed by atoms with van der Waals surface area (Å²) in [5, 5.41) is 12.9. The Morgan fingerprint density at radius 1 is 1.50 bits per heavy atom. The molecule has 18 heavy (non-hydrogen) atoms. The van der Waals surface area contributed by atoms with Gasteiger partial charge in [-0.1, -0.05) is 22.0 Å². The minimum absolute atomic E-state index is 0.311. The first-order valence-electron chi connectivity index (χ1n) is 5.98. The van der Waals surface area contributed by atoms with Crippen molar-refractivity contribution in [3.05, 3.63) is 28.7 Å². The predicted octanol–water partition coefficient (Wildman–Crippen LogP) is 2.53. The van der Waals surface area contributed by atoms with E-state index >= 15 is 0 Å². The van der Waals surface area contributed by atoms with E-state index in [1.54, 1.807) is 0 Å². The Morgan fingerprint density at radius 2 is 2.33 bits per heavy atom. The number of halogens is 1. The number of thioether (sulfide) groups is 1. The van der Waals surface area contributed by atoms with Crippen LogP contribution in [0.4, 0.5) is 0 Å². The number of ether oxygens (including phenoxy) is 1. The fourth-order valence-electron chi connectivity index (χ4n) is 1.42. The highest BCUT2D eigenvalue weighted by molar-refractivity contribution is 9.10. The molecule has 5 heteroatoms. The summed E-state index contributed by atoms with van der Waals surface area (Å²) in [7, 11) is 0. The summed E-state index contributed by atoms with van der Waals surface area (Å²) < 4.78 is 6.48. The van der Waals surface area contributed by atoms with Crippen LogP contribution in [0.15, 0.2) is 28.7 Å². The van der Waals surface area contributed by atoms with Gasteiger partial charge in [0.1, 0.15) is 18.5 Å². The Labute approximate surface area is 121 Å². The zero-order valence-electron chi connectivity index (χ0n) is 10.6. The molecule has 3 nitrogen and oxygen atoms in total. The van der Waals surface area contributed by atoms with Crippen molar-refractivity contribution in [1.29, 1.82) is 0 Å². The molecule has 0 spiro atoms.